The first-order valence-corrected chi connectivity index (χ1v) is 9.46. The molecule has 1 N–H and O–H groups in total. The summed E-state index contributed by atoms with van der Waals surface area (Å²) in [6, 6.07) is 17.1. The van der Waals surface area contributed by atoms with Crippen molar-refractivity contribution in [2.45, 2.75) is 24.5 Å². The van der Waals surface area contributed by atoms with Crippen LogP contribution in [0.3, 0.4) is 0 Å². The highest BCUT2D eigenvalue weighted by atomic mass is 35.5. The van der Waals surface area contributed by atoms with Crippen molar-refractivity contribution in [2.24, 2.45) is 0 Å². The molecule has 130 valence electrons. The summed E-state index contributed by atoms with van der Waals surface area (Å²) in [4.78, 5) is 0. The van der Waals surface area contributed by atoms with Gasteiger partial charge in [0.2, 0.25) is 10.0 Å². The Bertz CT molecular complexity index is 766. The van der Waals surface area contributed by atoms with E-state index in [1.807, 2.05) is 61.6 Å². The number of anilines is 2. The highest BCUT2D eigenvalue weighted by Gasteiger charge is 2.38. The van der Waals surface area contributed by atoms with Crippen molar-refractivity contribution in [1.29, 1.82) is 0 Å². The molecule has 0 spiro atoms. The lowest BCUT2D eigenvalue weighted by molar-refractivity contribution is 0.554. The van der Waals surface area contributed by atoms with Gasteiger partial charge in [0.25, 0.3) is 0 Å². The molecule has 0 aromatic heterocycles. The zero-order chi connectivity index (χ0) is 16.3. The molecule has 3 rings (SSSR count). The molecule has 0 saturated carbocycles. The van der Waals surface area contributed by atoms with Crippen molar-refractivity contribution in [1.82, 2.24) is 5.32 Å². The molecule has 0 radical (unpaired) electrons. The number of sulfonamides is 1. The Morgan fingerprint density at radius 1 is 1.08 bits per heavy atom. The number of rotatable bonds is 5. The van der Waals surface area contributed by atoms with E-state index in [1.54, 1.807) is 0 Å². The van der Waals surface area contributed by atoms with Crippen LogP contribution in [-0.2, 0) is 16.4 Å². The second-order valence-electron chi connectivity index (χ2n) is 5.85. The van der Waals surface area contributed by atoms with Crippen LogP contribution >= 0.6 is 12.4 Å². The lowest BCUT2D eigenvalue weighted by Gasteiger charge is -2.35. The fourth-order valence-electron chi connectivity index (χ4n) is 3.13. The number of para-hydroxylation sites is 2. The maximum absolute atomic E-state index is 13.2. The SMILES string of the molecule is CNCCC[C@H]1Cc2ccccc2N(c2ccccc2)S1(=O)=O.Cl. The molecule has 2 aromatic carbocycles. The molecule has 0 aliphatic carbocycles. The summed E-state index contributed by atoms with van der Waals surface area (Å²) in [5.41, 5.74) is 2.59. The predicted octanol–water partition coefficient (Wildman–Crippen LogP) is 3.50. The van der Waals surface area contributed by atoms with E-state index >= 15 is 0 Å². The van der Waals surface area contributed by atoms with Crippen LogP contribution in [0.2, 0.25) is 0 Å². The second kappa shape index (κ2) is 8.01. The fourth-order valence-corrected chi connectivity index (χ4v) is 5.15. The van der Waals surface area contributed by atoms with Crippen LogP contribution in [0, 0.1) is 0 Å². The summed E-state index contributed by atoms with van der Waals surface area (Å²) in [5, 5.41) is 2.72. The van der Waals surface area contributed by atoms with Crippen molar-refractivity contribution in [2.75, 3.05) is 17.9 Å². The van der Waals surface area contributed by atoms with Gasteiger partial charge in [-0.25, -0.2) is 12.7 Å². The van der Waals surface area contributed by atoms with E-state index in [4.69, 9.17) is 0 Å². The maximum Gasteiger partial charge on any atom is 0.242 e. The number of benzene rings is 2. The quantitative estimate of drug-likeness (QED) is 0.824. The average Bonchev–Trinajstić information content (AvgIpc) is 2.56. The fraction of sp³-hybridized carbons (Fsp3) is 0.333. The van der Waals surface area contributed by atoms with E-state index in [0.717, 1.165) is 24.2 Å². The van der Waals surface area contributed by atoms with Gasteiger partial charge < -0.3 is 5.32 Å². The van der Waals surface area contributed by atoms with Crippen LogP contribution in [-0.4, -0.2) is 27.3 Å². The zero-order valence-electron chi connectivity index (χ0n) is 13.7. The van der Waals surface area contributed by atoms with E-state index in [0.29, 0.717) is 18.5 Å². The minimum absolute atomic E-state index is 0. The number of hydrogen-bond donors (Lipinski definition) is 1. The van der Waals surface area contributed by atoms with Gasteiger partial charge in [0.1, 0.15) is 0 Å². The summed E-state index contributed by atoms with van der Waals surface area (Å²) in [6.45, 7) is 0.832. The van der Waals surface area contributed by atoms with Crippen LogP contribution in [0.15, 0.2) is 54.6 Å². The highest BCUT2D eigenvalue weighted by Crippen LogP contribution is 2.39. The average molecular weight is 367 g/mol. The molecule has 1 atom stereocenters. The first-order chi connectivity index (χ1) is 11.1. The summed E-state index contributed by atoms with van der Waals surface area (Å²) >= 11 is 0. The molecule has 6 heteroatoms. The lowest BCUT2D eigenvalue weighted by atomic mass is 10.0. The number of nitrogens with one attached hydrogen (secondary N) is 1. The van der Waals surface area contributed by atoms with Gasteiger partial charge in [-0.1, -0.05) is 36.4 Å². The molecular formula is C18H23ClN2O2S. The van der Waals surface area contributed by atoms with E-state index in [1.165, 1.54) is 4.31 Å². The second-order valence-corrected chi connectivity index (χ2v) is 7.91. The Balaban J connectivity index is 0.00000208. The molecule has 1 heterocycles. The van der Waals surface area contributed by atoms with Crippen LogP contribution in [0.25, 0.3) is 0 Å². The molecular weight excluding hydrogens is 344 g/mol. The molecule has 1 aliphatic rings. The predicted molar refractivity (Wildman–Crippen MR) is 102 cm³/mol. The van der Waals surface area contributed by atoms with Crippen molar-refractivity contribution in [3.8, 4) is 0 Å². The summed E-state index contributed by atoms with van der Waals surface area (Å²) in [7, 11) is -1.52. The van der Waals surface area contributed by atoms with Gasteiger partial charge in [-0.3, -0.25) is 0 Å². The molecule has 1 aliphatic heterocycles. The first kappa shape index (κ1) is 18.8. The molecule has 0 amide bonds. The number of nitrogens with zero attached hydrogens (tertiary/aromatic N) is 1. The van der Waals surface area contributed by atoms with Crippen LogP contribution in [0.1, 0.15) is 18.4 Å². The molecule has 0 bridgehead atoms. The summed E-state index contributed by atoms with van der Waals surface area (Å²) < 4.78 is 27.9. The lowest BCUT2D eigenvalue weighted by Crippen LogP contribution is -2.41. The third kappa shape index (κ3) is 3.58. The third-order valence-corrected chi connectivity index (χ3v) is 6.44. The minimum atomic E-state index is -3.41. The van der Waals surface area contributed by atoms with Crippen molar-refractivity contribution < 1.29 is 8.42 Å². The highest BCUT2D eigenvalue weighted by molar-refractivity contribution is 7.93. The number of hydrogen-bond acceptors (Lipinski definition) is 3. The van der Waals surface area contributed by atoms with Crippen LogP contribution in [0.5, 0.6) is 0 Å². The minimum Gasteiger partial charge on any atom is -0.320 e. The van der Waals surface area contributed by atoms with Gasteiger partial charge >= 0.3 is 0 Å². The van der Waals surface area contributed by atoms with Gasteiger partial charge in [0.05, 0.1) is 16.6 Å². The molecule has 0 fully saturated rings. The Hall–Kier alpha value is -1.56. The van der Waals surface area contributed by atoms with E-state index in [2.05, 4.69) is 5.32 Å². The molecule has 24 heavy (non-hydrogen) atoms. The van der Waals surface area contributed by atoms with Crippen LogP contribution < -0.4 is 9.62 Å². The number of halogens is 1. The summed E-state index contributed by atoms with van der Waals surface area (Å²) in [5.74, 6) is 0. The normalized spacial score (nSPS) is 18.5. The Morgan fingerprint density at radius 3 is 2.46 bits per heavy atom. The third-order valence-electron chi connectivity index (χ3n) is 4.28. The van der Waals surface area contributed by atoms with Crippen molar-refractivity contribution >= 4 is 33.8 Å². The van der Waals surface area contributed by atoms with Gasteiger partial charge in [-0.15, -0.1) is 12.4 Å². The molecule has 4 nitrogen and oxygen atoms in total. The molecule has 2 aromatic rings. The van der Waals surface area contributed by atoms with Crippen molar-refractivity contribution in [3.05, 3.63) is 60.2 Å². The van der Waals surface area contributed by atoms with Gasteiger partial charge in [0, 0.05) is 0 Å². The van der Waals surface area contributed by atoms with Gasteiger partial charge in [-0.05, 0) is 56.6 Å². The van der Waals surface area contributed by atoms with Crippen LogP contribution in [0.4, 0.5) is 11.4 Å². The topological polar surface area (TPSA) is 49.4 Å². The Kier molecular flexibility index (Phi) is 6.27. The number of fused-ring (bicyclic) bond motifs is 1. The van der Waals surface area contributed by atoms with Gasteiger partial charge in [0.15, 0.2) is 0 Å². The standard InChI is InChI=1S/C18H22N2O2S.ClH/c1-19-13-7-11-17-14-15-8-5-6-12-18(15)20(23(17,21)22)16-9-3-2-4-10-16;/h2-6,8-10,12,17,19H,7,11,13-14H2,1H3;1H/t17-;/m0./s1. The molecule has 0 saturated heterocycles. The maximum atomic E-state index is 13.2. The summed E-state index contributed by atoms with van der Waals surface area (Å²) in [6.07, 6.45) is 2.11. The largest absolute Gasteiger partial charge is 0.320 e. The van der Waals surface area contributed by atoms with Gasteiger partial charge in [-0.2, -0.15) is 0 Å². The van der Waals surface area contributed by atoms with E-state index in [9.17, 15) is 8.42 Å². The van der Waals surface area contributed by atoms with E-state index < -0.39 is 10.0 Å². The Labute approximate surface area is 150 Å². The van der Waals surface area contributed by atoms with E-state index in [-0.39, 0.29) is 17.7 Å². The smallest absolute Gasteiger partial charge is 0.242 e. The first-order valence-electron chi connectivity index (χ1n) is 7.96. The monoisotopic (exact) mass is 366 g/mol. The van der Waals surface area contributed by atoms with Crippen molar-refractivity contribution in [3.63, 3.8) is 0 Å². The Morgan fingerprint density at radius 2 is 1.75 bits per heavy atom. The molecule has 0 unspecified atom stereocenters. The zero-order valence-corrected chi connectivity index (χ0v) is 15.3.